The summed E-state index contributed by atoms with van der Waals surface area (Å²) in [5.41, 5.74) is 2.38. The van der Waals surface area contributed by atoms with Crippen LogP contribution in [0.15, 0.2) is 83.8 Å². The van der Waals surface area contributed by atoms with E-state index in [1.165, 1.54) is 19.3 Å². The normalized spacial score (nSPS) is 12.4. The zero-order chi connectivity index (χ0) is 24.6. The van der Waals surface area contributed by atoms with Crippen LogP contribution in [0.3, 0.4) is 0 Å². The van der Waals surface area contributed by atoms with E-state index in [9.17, 15) is 18.3 Å². The fraction of sp³-hybridized carbons (Fsp3) is 0.192. The number of benzene rings is 3. The van der Waals surface area contributed by atoms with E-state index >= 15 is 0 Å². The third-order valence-corrected chi connectivity index (χ3v) is 6.58. The molecule has 0 heterocycles. The molecule has 178 valence electrons. The van der Waals surface area contributed by atoms with Gasteiger partial charge >= 0.3 is 5.97 Å². The number of esters is 1. The summed E-state index contributed by atoms with van der Waals surface area (Å²) < 4.78 is 38.9. The van der Waals surface area contributed by atoms with Crippen LogP contribution in [-0.2, 0) is 19.6 Å². The largest absolute Gasteiger partial charge is 0.504 e. The third-order valence-electron chi connectivity index (χ3n) is 5.10. The third kappa shape index (κ3) is 6.94. The van der Waals surface area contributed by atoms with Gasteiger partial charge in [0.1, 0.15) is 0 Å². The lowest BCUT2D eigenvalue weighted by atomic mass is 10.1. The number of aryl methyl sites for hydroxylation is 1. The molecule has 0 aliphatic carbocycles. The van der Waals surface area contributed by atoms with Crippen LogP contribution in [0.4, 0.5) is 0 Å². The number of phenols is 1. The Morgan fingerprint density at radius 1 is 1.06 bits per heavy atom. The maximum atomic E-state index is 12.9. The molecule has 2 N–H and O–H groups in total. The van der Waals surface area contributed by atoms with Crippen LogP contribution in [0.25, 0.3) is 6.08 Å². The van der Waals surface area contributed by atoms with Crippen LogP contribution in [0.2, 0.25) is 0 Å². The Bertz CT molecular complexity index is 1240. The molecule has 34 heavy (non-hydrogen) atoms. The van der Waals surface area contributed by atoms with Crippen molar-refractivity contribution < 1.29 is 27.8 Å². The number of methoxy groups -OCH3 is 1. The van der Waals surface area contributed by atoms with Crippen LogP contribution in [-0.4, -0.2) is 33.2 Å². The lowest BCUT2D eigenvalue weighted by Gasteiger charge is -2.19. The van der Waals surface area contributed by atoms with Crippen molar-refractivity contribution in [2.24, 2.45) is 0 Å². The smallest absolute Gasteiger partial charge is 0.330 e. The van der Waals surface area contributed by atoms with Crippen LogP contribution < -0.4 is 9.46 Å². The first-order chi connectivity index (χ1) is 16.3. The summed E-state index contributed by atoms with van der Waals surface area (Å²) in [6.45, 7) is 1.90. The molecule has 0 aliphatic rings. The van der Waals surface area contributed by atoms with Gasteiger partial charge in [0.05, 0.1) is 24.7 Å². The van der Waals surface area contributed by atoms with Gasteiger partial charge in [-0.15, -0.1) is 0 Å². The van der Waals surface area contributed by atoms with Gasteiger partial charge in [0.2, 0.25) is 10.0 Å². The Hall–Kier alpha value is -3.62. The predicted molar refractivity (Wildman–Crippen MR) is 130 cm³/mol. The molecule has 7 nitrogen and oxygen atoms in total. The first-order valence-corrected chi connectivity index (χ1v) is 12.1. The van der Waals surface area contributed by atoms with Crippen LogP contribution in [0.5, 0.6) is 11.5 Å². The van der Waals surface area contributed by atoms with E-state index in [0.29, 0.717) is 11.3 Å². The first-order valence-electron chi connectivity index (χ1n) is 10.6. The van der Waals surface area contributed by atoms with Gasteiger partial charge < -0.3 is 14.6 Å². The molecule has 0 radical (unpaired) electrons. The Labute approximate surface area is 199 Å². The molecular formula is C26H27NO6S. The number of rotatable bonds is 10. The van der Waals surface area contributed by atoms with Crippen molar-refractivity contribution in [3.63, 3.8) is 0 Å². The quantitative estimate of drug-likeness (QED) is 0.329. The zero-order valence-electron chi connectivity index (χ0n) is 19.0. The van der Waals surface area contributed by atoms with Gasteiger partial charge in [-0.25, -0.2) is 17.9 Å². The second-order valence-corrected chi connectivity index (χ2v) is 9.33. The molecule has 0 saturated carbocycles. The fourth-order valence-corrected chi connectivity index (χ4v) is 4.50. The molecule has 3 aromatic rings. The Kier molecular flexibility index (Phi) is 8.45. The highest BCUT2D eigenvalue weighted by atomic mass is 32.2. The van der Waals surface area contributed by atoms with Gasteiger partial charge in [0, 0.05) is 12.5 Å². The molecule has 0 aliphatic heterocycles. The minimum absolute atomic E-state index is 0.00210. The number of phenolic OH excluding ortho intramolecular Hbond substituents is 1. The minimum atomic E-state index is -3.77. The standard InChI is InChI=1S/C26H27NO6S/c1-19-8-12-22(13-9-19)34(30,31)27-23(21-6-4-3-5-7-21)16-17-33-26(29)15-11-20-10-14-24(28)25(18-20)32-2/h3-15,18,23,27-28H,16-17H2,1-2H3/b15-11+. The Morgan fingerprint density at radius 3 is 2.44 bits per heavy atom. The fourth-order valence-electron chi connectivity index (χ4n) is 3.24. The van der Waals surface area contributed by atoms with Crippen molar-refractivity contribution in [3.05, 3.63) is 95.6 Å². The average Bonchev–Trinajstić information content (AvgIpc) is 2.83. The van der Waals surface area contributed by atoms with Gasteiger partial charge in [-0.2, -0.15) is 0 Å². The number of ether oxygens (including phenoxy) is 2. The molecule has 1 atom stereocenters. The number of hydrogen-bond acceptors (Lipinski definition) is 6. The van der Waals surface area contributed by atoms with Crippen molar-refractivity contribution in [1.29, 1.82) is 0 Å². The summed E-state index contributed by atoms with van der Waals surface area (Å²) in [7, 11) is -2.33. The first kappa shape index (κ1) is 25.0. The molecule has 8 heteroatoms. The molecule has 3 rings (SSSR count). The number of aromatic hydroxyl groups is 1. The van der Waals surface area contributed by atoms with Gasteiger partial charge in [0.15, 0.2) is 11.5 Å². The second-order valence-electron chi connectivity index (χ2n) is 7.62. The van der Waals surface area contributed by atoms with Crippen LogP contribution in [0, 0.1) is 6.92 Å². The number of sulfonamides is 1. The van der Waals surface area contributed by atoms with E-state index in [-0.39, 0.29) is 23.7 Å². The van der Waals surface area contributed by atoms with Crippen molar-refractivity contribution in [1.82, 2.24) is 4.72 Å². The van der Waals surface area contributed by atoms with Gasteiger partial charge in [-0.1, -0.05) is 54.1 Å². The van der Waals surface area contributed by atoms with E-state index < -0.39 is 22.0 Å². The summed E-state index contributed by atoms with van der Waals surface area (Å²) >= 11 is 0. The summed E-state index contributed by atoms with van der Waals surface area (Å²) in [4.78, 5) is 12.3. The van der Waals surface area contributed by atoms with E-state index in [2.05, 4.69) is 4.72 Å². The zero-order valence-corrected chi connectivity index (χ0v) is 19.8. The lowest BCUT2D eigenvalue weighted by Crippen LogP contribution is -2.29. The monoisotopic (exact) mass is 481 g/mol. The molecular weight excluding hydrogens is 454 g/mol. The second kappa shape index (κ2) is 11.5. The maximum Gasteiger partial charge on any atom is 0.330 e. The molecule has 0 fully saturated rings. The van der Waals surface area contributed by atoms with Crippen molar-refractivity contribution in [2.45, 2.75) is 24.3 Å². The highest BCUT2D eigenvalue weighted by Crippen LogP contribution is 2.26. The van der Waals surface area contributed by atoms with Gasteiger partial charge in [0.25, 0.3) is 0 Å². The number of hydrogen-bond donors (Lipinski definition) is 2. The van der Waals surface area contributed by atoms with E-state index in [1.54, 1.807) is 42.5 Å². The van der Waals surface area contributed by atoms with Crippen molar-refractivity contribution in [2.75, 3.05) is 13.7 Å². The van der Waals surface area contributed by atoms with Crippen LogP contribution in [0.1, 0.15) is 29.2 Å². The summed E-state index contributed by atoms with van der Waals surface area (Å²) in [6.07, 6.45) is 3.06. The summed E-state index contributed by atoms with van der Waals surface area (Å²) in [5, 5.41) is 9.65. The summed E-state index contributed by atoms with van der Waals surface area (Å²) in [5.74, 6) is -0.274. The molecule has 0 aromatic heterocycles. The van der Waals surface area contributed by atoms with Crippen LogP contribution >= 0.6 is 0 Å². The Balaban J connectivity index is 1.64. The molecule has 0 amide bonds. The molecule has 1 unspecified atom stereocenters. The Morgan fingerprint density at radius 2 is 1.76 bits per heavy atom. The molecule has 3 aromatic carbocycles. The van der Waals surface area contributed by atoms with Gasteiger partial charge in [-0.05, 0) is 48.4 Å². The molecule has 0 bridgehead atoms. The highest BCUT2D eigenvalue weighted by Gasteiger charge is 2.21. The topological polar surface area (TPSA) is 102 Å². The number of carbonyl (C=O) groups excluding carboxylic acids is 1. The van der Waals surface area contributed by atoms with E-state index in [0.717, 1.165) is 11.1 Å². The maximum absolute atomic E-state index is 12.9. The SMILES string of the molecule is COc1cc(/C=C/C(=O)OCCC(NS(=O)(=O)c2ccc(C)cc2)c2ccccc2)ccc1O. The lowest BCUT2D eigenvalue weighted by molar-refractivity contribution is -0.137. The van der Waals surface area contributed by atoms with Gasteiger partial charge in [-0.3, -0.25) is 0 Å². The average molecular weight is 482 g/mol. The van der Waals surface area contributed by atoms with E-state index in [1.807, 2.05) is 37.3 Å². The number of nitrogens with one attached hydrogen (secondary N) is 1. The van der Waals surface area contributed by atoms with E-state index in [4.69, 9.17) is 9.47 Å². The number of carbonyl (C=O) groups is 1. The van der Waals surface area contributed by atoms with Crippen molar-refractivity contribution in [3.8, 4) is 11.5 Å². The predicted octanol–water partition coefficient (Wildman–Crippen LogP) is 4.38. The molecule has 0 saturated heterocycles. The van der Waals surface area contributed by atoms with Crippen molar-refractivity contribution >= 4 is 22.1 Å². The highest BCUT2D eigenvalue weighted by molar-refractivity contribution is 7.89. The summed E-state index contributed by atoms with van der Waals surface area (Å²) in [6, 6.07) is 19.8. The minimum Gasteiger partial charge on any atom is -0.504 e. The molecule has 0 spiro atoms.